The molecular weight excluding hydrogens is 328 g/mol. The van der Waals surface area contributed by atoms with E-state index in [1.165, 1.54) is 0 Å². The molecule has 14 heavy (non-hydrogen) atoms. The van der Waals surface area contributed by atoms with Crippen LogP contribution in [-0.2, 0) is 0 Å². The third-order valence-electron chi connectivity index (χ3n) is 2.31. The van der Waals surface area contributed by atoms with Crippen LogP contribution in [0.2, 0.25) is 0 Å². The quantitative estimate of drug-likeness (QED) is 0.653. The molecule has 0 radical (unpaired) electrons. The molecule has 0 N–H and O–H groups in total. The van der Waals surface area contributed by atoms with E-state index in [4.69, 9.17) is 0 Å². The molecule has 0 amide bonds. The van der Waals surface area contributed by atoms with Gasteiger partial charge in [0, 0.05) is 0 Å². The maximum Gasteiger partial charge on any atom is -1.00 e. The Morgan fingerprint density at radius 1 is 0.714 bits per heavy atom. The molecule has 85 valence electrons. The van der Waals surface area contributed by atoms with Gasteiger partial charge in [-0.2, -0.15) is 0 Å². The van der Waals surface area contributed by atoms with Gasteiger partial charge in [-0.15, -0.1) is 0 Å². The number of nitrogens with zero attached hydrogens (tertiary/aromatic N) is 2. The maximum atomic E-state index is 2.55. The second-order valence-corrected chi connectivity index (χ2v) is 10.5. The Kier molecular flexibility index (Phi) is 8.12. The summed E-state index contributed by atoms with van der Waals surface area (Å²) in [5, 5.41) is 0. The topological polar surface area (TPSA) is 6.48 Å². The van der Waals surface area contributed by atoms with Crippen LogP contribution in [0, 0.1) is 37.5 Å². The smallest absolute Gasteiger partial charge is 1.00 e. The fraction of sp³-hybridized carbons (Fsp3) is 1.00. The molecule has 0 heterocycles. The first kappa shape index (κ1) is 17.9. The van der Waals surface area contributed by atoms with Crippen molar-refractivity contribution in [2.24, 2.45) is 0 Å². The molecule has 0 unspecified atom stereocenters. The summed E-state index contributed by atoms with van der Waals surface area (Å²) in [4.78, 5) is 0. The minimum atomic E-state index is -0.797. The summed E-state index contributed by atoms with van der Waals surface area (Å²) >= 11 is -0.797. The minimum Gasteiger partial charge on any atom is -1.00 e. The molecule has 0 aromatic heterocycles. The molecular formula is C10H24ClN2Nd. The fourth-order valence-corrected chi connectivity index (χ4v) is 3.89. The summed E-state index contributed by atoms with van der Waals surface area (Å²) in [5.74, 6) is 0. The Hall–Kier alpha value is 1.56. The number of hydrogen-bond donors (Lipinski definition) is 0. The van der Waals surface area contributed by atoms with Crippen LogP contribution in [0.3, 0.4) is 0 Å². The molecule has 2 nitrogen and oxygen atoms in total. The Labute approximate surface area is 117 Å². The van der Waals surface area contributed by atoms with E-state index in [2.05, 4.69) is 57.6 Å². The zero-order valence-corrected chi connectivity index (χ0v) is 14.7. The Morgan fingerprint density at radius 3 is 1.07 bits per heavy atom. The van der Waals surface area contributed by atoms with Gasteiger partial charge < -0.3 is 12.4 Å². The number of hydrogen-bond acceptors (Lipinski definition) is 2. The predicted molar refractivity (Wildman–Crippen MR) is 55.0 cm³/mol. The van der Waals surface area contributed by atoms with Gasteiger partial charge in [0.2, 0.25) is 0 Å². The number of rotatable bonds is 2. The van der Waals surface area contributed by atoms with Gasteiger partial charge in [-0.05, 0) is 0 Å². The monoisotopic (exact) mass is 349 g/mol. The van der Waals surface area contributed by atoms with Gasteiger partial charge >= 0.3 is 106 Å². The van der Waals surface area contributed by atoms with Crippen molar-refractivity contribution >= 4 is 0 Å². The summed E-state index contributed by atoms with van der Waals surface area (Å²) in [6.45, 7) is 13.7. The summed E-state index contributed by atoms with van der Waals surface area (Å²) in [6.07, 6.45) is 0. The van der Waals surface area contributed by atoms with E-state index in [0.717, 1.165) is 0 Å². The largest absolute Gasteiger partial charge is 1.00 e. The Morgan fingerprint density at radius 2 is 0.929 bits per heavy atom. The Balaban J connectivity index is 0. The van der Waals surface area contributed by atoms with Gasteiger partial charge in [0.1, 0.15) is 0 Å². The van der Waals surface area contributed by atoms with Crippen LogP contribution in [0.1, 0.15) is 41.5 Å². The molecule has 0 aromatic carbocycles. The molecule has 0 fully saturated rings. The van der Waals surface area contributed by atoms with E-state index in [0.29, 0.717) is 11.1 Å². The van der Waals surface area contributed by atoms with Gasteiger partial charge in [0.15, 0.2) is 0 Å². The first-order valence-corrected chi connectivity index (χ1v) is 7.66. The van der Waals surface area contributed by atoms with Crippen molar-refractivity contribution in [1.82, 2.24) is 1.97 Å². The van der Waals surface area contributed by atoms with Crippen LogP contribution in [0.15, 0.2) is 0 Å². The van der Waals surface area contributed by atoms with Crippen molar-refractivity contribution in [3.8, 4) is 0 Å². The SMILES string of the molecule is C[N]([Nd+][N](C)C(C)(C)C)C(C)(C)C.[Cl-]. The van der Waals surface area contributed by atoms with Gasteiger partial charge in [-0.1, -0.05) is 0 Å². The van der Waals surface area contributed by atoms with E-state index in [9.17, 15) is 0 Å². The van der Waals surface area contributed by atoms with Crippen molar-refractivity contribution in [3.63, 3.8) is 0 Å². The van der Waals surface area contributed by atoms with Crippen LogP contribution >= 0.6 is 0 Å². The molecule has 0 aliphatic carbocycles. The van der Waals surface area contributed by atoms with Gasteiger partial charge in [0.25, 0.3) is 0 Å². The van der Waals surface area contributed by atoms with Gasteiger partial charge in [-0.3, -0.25) is 0 Å². The van der Waals surface area contributed by atoms with E-state index < -0.39 is 37.5 Å². The van der Waals surface area contributed by atoms with Crippen molar-refractivity contribution in [2.45, 2.75) is 52.6 Å². The fourth-order valence-electron chi connectivity index (χ4n) is 0.525. The molecule has 0 rings (SSSR count). The molecule has 0 saturated carbocycles. The van der Waals surface area contributed by atoms with Crippen LogP contribution in [0.5, 0.6) is 0 Å². The molecule has 0 saturated heterocycles. The van der Waals surface area contributed by atoms with Crippen molar-refractivity contribution in [3.05, 3.63) is 0 Å². The van der Waals surface area contributed by atoms with E-state index in [1.807, 2.05) is 0 Å². The molecule has 0 bridgehead atoms. The molecule has 0 atom stereocenters. The predicted octanol–water partition coefficient (Wildman–Crippen LogP) is -0.634. The molecule has 0 aliphatic heterocycles. The van der Waals surface area contributed by atoms with Gasteiger partial charge in [-0.25, -0.2) is 0 Å². The normalized spacial score (nSPS) is 12.7. The van der Waals surface area contributed by atoms with E-state index in [1.54, 1.807) is 0 Å². The molecule has 4 heteroatoms. The van der Waals surface area contributed by atoms with E-state index in [-0.39, 0.29) is 12.4 Å². The van der Waals surface area contributed by atoms with Gasteiger partial charge in [0.05, 0.1) is 0 Å². The van der Waals surface area contributed by atoms with E-state index >= 15 is 0 Å². The molecule has 0 aromatic rings. The summed E-state index contributed by atoms with van der Waals surface area (Å²) in [7, 11) is 4.51. The molecule has 0 spiro atoms. The minimum absolute atomic E-state index is 0. The maximum absolute atomic E-state index is 2.55. The first-order chi connectivity index (χ1) is 5.55. The van der Waals surface area contributed by atoms with Crippen LogP contribution in [0.25, 0.3) is 0 Å². The van der Waals surface area contributed by atoms with Crippen molar-refractivity contribution in [2.75, 3.05) is 14.1 Å². The third kappa shape index (κ3) is 6.94. The third-order valence-corrected chi connectivity index (χ3v) is 8.54. The Bertz CT molecular complexity index is 142. The van der Waals surface area contributed by atoms with Crippen LogP contribution in [-0.4, -0.2) is 27.1 Å². The first-order valence-electron chi connectivity index (χ1n) is 4.79. The average Bonchev–Trinajstić information content (AvgIpc) is 1.82. The van der Waals surface area contributed by atoms with Crippen molar-refractivity contribution in [1.29, 1.82) is 0 Å². The zero-order chi connectivity index (χ0) is 10.9. The summed E-state index contributed by atoms with van der Waals surface area (Å²) in [5.41, 5.74) is 0.672. The van der Waals surface area contributed by atoms with Crippen LogP contribution < -0.4 is 12.4 Å². The standard InChI is InChI=1S/2C5H12N.ClH.Nd/c2*1-5(2,3)6-4;;/h2*1-4H3;1H;/q2*-1;;+3/p-1. The average molecular weight is 352 g/mol. The second-order valence-electron chi connectivity index (χ2n) is 5.56. The summed E-state index contributed by atoms with van der Waals surface area (Å²) < 4.78 is 5.11. The second kappa shape index (κ2) is 6.33. The van der Waals surface area contributed by atoms with Crippen molar-refractivity contribution < 1.29 is 49.9 Å². The zero-order valence-electron chi connectivity index (χ0n) is 10.8. The van der Waals surface area contributed by atoms with Crippen LogP contribution in [0.4, 0.5) is 0 Å². The molecule has 0 aliphatic rings. The number of halogens is 1. The summed E-state index contributed by atoms with van der Waals surface area (Å²) in [6, 6.07) is 0.